The molecule has 2 heterocycles. The van der Waals surface area contributed by atoms with Gasteiger partial charge in [-0.1, -0.05) is 13.8 Å². The van der Waals surface area contributed by atoms with Gasteiger partial charge < -0.3 is 5.11 Å². The number of hydrogen-bond donors (Lipinski definition) is 1. The third-order valence-electron chi connectivity index (χ3n) is 2.23. The Kier molecular flexibility index (Phi) is 2.82. The number of aromatic nitrogens is 5. The van der Waals surface area contributed by atoms with Crippen LogP contribution in [0.2, 0.25) is 0 Å². The molecule has 0 aliphatic heterocycles. The van der Waals surface area contributed by atoms with E-state index in [4.69, 9.17) is 5.11 Å². The second-order valence-corrected chi connectivity index (χ2v) is 3.84. The number of pyridine rings is 1. The Morgan fingerprint density at radius 1 is 1.41 bits per heavy atom. The molecule has 0 aromatic carbocycles. The van der Waals surface area contributed by atoms with Gasteiger partial charge in [-0.15, -0.1) is 5.10 Å². The fourth-order valence-electron chi connectivity index (χ4n) is 1.40. The summed E-state index contributed by atoms with van der Waals surface area (Å²) in [5.74, 6) is -0.230. The number of carboxylic acid groups (broad SMARTS) is 1. The van der Waals surface area contributed by atoms with Crippen molar-refractivity contribution in [1.29, 1.82) is 0 Å². The van der Waals surface area contributed by atoms with Crippen LogP contribution in [0.15, 0.2) is 18.5 Å². The molecule has 0 bridgehead atoms. The molecule has 2 rings (SSSR count). The summed E-state index contributed by atoms with van der Waals surface area (Å²) in [5, 5.41) is 20.2. The molecule has 17 heavy (non-hydrogen) atoms. The topological polar surface area (TPSA) is 93.8 Å². The van der Waals surface area contributed by atoms with Crippen molar-refractivity contribution < 1.29 is 9.90 Å². The zero-order valence-corrected chi connectivity index (χ0v) is 9.40. The van der Waals surface area contributed by atoms with Gasteiger partial charge in [-0.3, -0.25) is 4.98 Å². The van der Waals surface area contributed by atoms with E-state index in [-0.39, 0.29) is 11.5 Å². The first kappa shape index (κ1) is 11.2. The molecule has 0 aliphatic rings. The number of nitrogens with zero attached hydrogens (tertiary/aromatic N) is 5. The van der Waals surface area contributed by atoms with Crippen molar-refractivity contribution in [3.63, 3.8) is 0 Å². The van der Waals surface area contributed by atoms with Gasteiger partial charge >= 0.3 is 5.97 Å². The molecule has 0 amide bonds. The van der Waals surface area contributed by atoms with Crippen LogP contribution in [0.25, 0.3) is 5.69 Å². The average molecular weight is 233 g/mol. The maximum Gasteiger partial charge on any atom is 0.337 e. The second kappa shape index (κ2) is 4.28. The predicted molar refractivity (Wildman–Crippen MR) is 58.0 cm³/mol. The number of carbonyl (C=O) groups is 1. The first-order valence-electron chi connectivity index (χ1n) is 5.06. The van der Waals surface area contributed by atoms with Gasteiger partial charge in [-0.2, -0.15) is 4.68 Å². The molecule has 0 saturated heterocycles. The maximum absolute atomic E-state index is 10.8. The van der Waals surface area contributed by atoms with Crippen molar-refractivity contribution in [3.05, 3.63) is 29.8 Å². The van der Waals surface area contributed by atoms with Gasteiger partial charge in [0.05, 0.1) is 17.4 Å². The Morgan fingerprint density at radius 2 is 2.18 bits per heavy atom. The minimum Gasteiger partial charge on any atom is -0.478 e. The van der Waals surface area contributed by atoms with Crippen molar-refractivity contribution in [3.8, 4) is 5.69 Å². The van der Waals surface area contributed by atoms with Gasteiger partial charge in [-0.05, 0) is 16.5 Å². The van der Waals surface area contributed by atoms with Crippen LogP contribution in [-0.2, 0) is 0 Å². The van der Waals surface area contributed by atoms with Crippen LogP contribution in [0.5, 0.6) is 0 Å². The number of rotatable bonds is 3. The van der Waals surface area contributed by atoms with Crippen LogP contribution >= 0.6 is 0 Å². The average Bonchev–Trinajstić information content (AvgIpc) is 2.78. The standard InChI is InChI=1S/C10H11N5O2/c1-6(2)9-12-13-14-15(9)8-3-7(10(16)17)4-11-5-8/h3-6H,1-2H3,(H,16,17). The molecule has 0 fully saturated rings. The molecular weight excluding hydrogens is 222 g/mol. The van der Waals surface area contributed by atoms with Gasteiger partial charge in [0.15, 0.2) is 5.82 Å². The normalized spacial score (nSPS) is 10.8. The lowest BCUT2D eigenvalue weighted by atomic mass is 10.2. The first-order valence-corrected chi connectivity index (χ1v) is 5.06. The Bertz CT molecular complexity index is 549. The zero-order chi connectivity index (χ0) is 12.4. The molecule has 0 aliphatic carbocycles. The van der Waals surface area contributed by atoms with Gasteiger partial charge in [0.2, 0.25) is 0 Å². The summed E-state index contributed by atoms with van der Waals surface area (Å²) in [7, 11) is 0. The van der Waals surface area contributed by atoms with Crippen LogP contribution in [0.4, 0.5) is 0 Å². The smallest absolute Gasteiger partial charge is 0.337 e. The lowest BCUT2D eigenvalue weighted by Crippen LogP contribution is -2.07. The lowest BCUT2D eigenvalue weighted by Gasteiger charge is -2.06. The fourth-order valence-corrected chi connectivity index (χ4v) is 1.40. The van der Waals surface area contributed by atoms with E-state index in [0.717, 1.165) is 0 Å². The monoisotopic (exact) mass is 233 g/mol. The van der Waals surface area contributed by atoms with E-state index in [1.54, 1.807) is 0 Å². The summed E-state index contributed by atoms with van der Waals surface area (Å²) in [6.07, 6.45) is 2.81. The maximum atomic E-state index is 10.8. The van der Waals surface area contributed by atoms with E-state index >= 15 is 0 Å². The summed E-state index contributed by atoms with van der Waals surface area (Å²) in [6, 6.07) is 1.48. The molecule has 2 aromatic heterocycles. The third kappa shape index (κ3) is 2.12. The first-order chi connectivity index (χ1) is 8.09. The van der Waals surface area contributed by atoms with E-state index < -0.39 is 5.97 Å². The van der Waals surface area contributed by atoms with Crippen LogP contribution < -0.4 is 0 Å². The summed E-state index contributed by atoms with van der Waals surface area (Å²) in [5.41, 5.74) is 0.645. The van der Waals surface area contributed by atoms with Gasteiger partial charge in [0.1, 0.15) is 0 Å². The van der Waals surface area contributed by atoms with Gasteiger partial charge in [0, 0.05) is 12.1 Å². The Hall–Kier alpha value is -2.31. The number of tetrazole rings is 1. The van der Waals surface area contributed by atoms with E-state index in [1.807, 2.05) is 13.8 Å². The molecule has 88 valence electrons. The van der Waals surface area contributed by atoms with E-state index in [0.29, 0.717) is 11.5 Å². The highest BCUT2D eigenvalue weighted by atomic mass is 16.4. The molecule has 0 spiro atoms. The van der Waals surface area contributed by atoms with Crippen molar-refractivity contribution in [2.24, 2.45) is 0 Å². The van der Waals surface area contributed by atoms with E-state index in [2.05, 4.69) is 20.5 Å². The third-order valence-corrected chi connectivity index (χ3v) is 2.23. The van der Waals surface area contributed by atoms with Crippen molar-refractivity contribution >= 4 is 5.97 Å². The molecule has 7 nitrogen and oxygen atoms in total. The summed E-state index contributed by atoms with van der Waals surface area (Å²) >= 11 is 0. The molecule has 0 unspecified atom stereocenters. The molecule has 0 saturated carbocycles. The number of aromatic carboxylic acids is 1. The van der Waals surface area contributed by atoms with Crippen molar-refractivity contribution in [2.75, 3.05) is 0 Å². The number of hydrogen-bond acceptors (Lipinski definition) is 5. The summed E-state index contributed by atoms with van der Waals surface area (Å²) in [6.45, 7) is 3.91. The molecular formula is C10H11N5O2. The quantitative estimate of drug-likeness (QED) is 0.845. The van der Waals surface area contributed by atoms with Crippen LogP contribution in [0, 0.1) is 0 Å². The minimum atomic E-state index is -1.03. The largest absolute Gasteiger partial charge is 0.478 e. The number of carboxylic acids is 1. The Morgan fingerprint density at radius 3 is 2.82 bits per heavy atom. The molecule has 2 aromatic rings. The van der Waals surface area contributed by atoms with Crippen LogP contribution in [0.3, 0.4) is 0 Å². The highest BCUT2D eigenvalue weighted by molar-refractivity contribution is 5.87. The molecule has 1 N–H and O–H groups in total. The van der Waals surface area contributed by atoms with Crippen LogP contribution in [-0.4, -0.2) is 36.3 Å². The fraction of sp³-hybridized carbons (Fsp3) is 0.300. The Labute approximate surface area is 97.1 Å². The van der Waals surface area contributed by atoms with Crippen molar-refractivity contribution in [2.45, 2.75) is 19.8 Å². The molecule has 0 atom stereocenters. The van der Waals surface area contributed by atoms with Crippen LogP contribution in [0.1, 0.15) is 35.9 Å². The highest BCUT2D eigenvalue weighted by Crippen LogP contribution is 2.15. The Balaban J connectivity index is 2.49. The highest BCUT2D eigenvalue weighted by Gasteiger charge is 2.13. The predicted octanol–water partition coefficient (Wildman–Crippen LogP) is 0.879. The van der Waals surface area contributed by atoms with E-state index in [1.165, 1.54) is 23.1 Å². The van der Waals surface area contributed by atoms with E-state index in [9.17, 15) is 4.79 Å². The molecule has 0 radical (unpaired) electrons. The zero-order valence-electron chi connectivity index (χ0n) is 9.40. The SMILES string of the molecule is CC(C)c1nnnn1-c1cncc(C(=O)O)c1. The molecule has 7 heteroatoms. The van der Waals surface area contributed by atoms with Gasteiger partial charge in [0.25, 0.3) is 0 Å². The van der Waals surface area contributed by atoms with Crippen molar-refractivity contribution in [1.82, 2.24) is 25.2 Å². The summed E-state index contributed by atoms with van der Waals surface area (Å²) < 4.78 is 1.49. The minimum absolute atomic E-state index is 0.104. The summed E-state index contributed by atoms with van der Waals surface area (Å²) in [4.78, 5) is 14.7. The lowest BCUT2D eigenvalue weighted by molar-refractivity contribution is 0.0696. The second-order valence-electron chi connectivity index (χ2n) is 3.84. The van der Waals surface area contributed by atoms with Gasteiger partial charge in [-0.25, -0.2) is 4.79 Å².